The Hall–Kier alpha value is -2.21. The average Bonchev–Trinajstić information content (AvgIpc) is 2.67. The van der Waals surface area contributed by atoms with Crippen molar-refractivity contribution in [1.29, 1.82) is 0 Å². The molecule has 0 spiro atoms. The van der Waals surface area contributed by atoms with Crippen molar-refractivity contribution in [2.24, 2.45) is 0 Å². The Kier molecular flexibility index (Phi) is 6.98. The van der Waals surface area contributed by atoms with Crippen molar-refractivity contribution >= 4 is 5.97 Å². The highest BCUT2D eigenvalue weighted by Gasteiger charge is 2.25. The quantitative estimate of drug-likeness (QED) is 0.776. The van der Waals surface area contributed by atoms with Crippen LogP contribution in [-0.2, 0) is 9.53 Å². The third kappa shape index (κ3) is 5.89. The summed E-state index contributed by atoms with van der Waals surface area (Å²) in [6.45, 7) is 3.99. The molecule has 1 fully saturated rings. The van der Waals surface area contributed by atoms with Gasteiger partial charge in [0.15, 0.2) is 0 Å². The molecule has 2 aromatic rings. The van der Waals surface area contributed by atoms with Gasteiger partial charge in [0, 0.05) is 32.1 Å². The van der Waals surface area contributed by atoms with Gasteiger partial charge in [-0.2, -0.15) is 0 Å². The highest BCUT2D eigenvalue weighted by atomic mass is 16.5. The maximum atomic E-state index is 10.9. The van der Waals surface area contributed by atoms with Crippen molar-refractivity contribution in [3.63, 3.8) is 0 Å². The molecule has 5 nitrogen and oxygen atoms in total. The minimum atomic E-state index is -0.807. The third-order valence-corrected chi connectivity index (χ3v) is 4.99. The molecule has 0 aliphatic carbocycles. The number of ether oxygens (including phenoxy) is 1. The molecule has 1 atom stereocenters. The molecule has 1 saturated heterocycles. The van der Waals surface area contributed by atoms with E-state index in [1.54, 1.807) is 0 Å². The monoisotopic (exact) mass is 368 g/mol. The fourth-order valence-corrected chi connectivity index (χ4v) is 3.73. The van der Waals surface area contributed by atoms with Crippen LogP contribution in [0.15, 0.2) is 60.7 Å². The molecule has 0 radical (unpaired) electrons. The van der Waals surface area contributed by atoms with E-state index >= 15 is 0 Å². The van der Waals surface area contributed by atoms with Crippen LogP contribution >= 0.6 is 0 Å². The summed E-state index contributed by atoms with van der Waals surface area (Å²) in [6.07, 6.45) is 0.0373. The van der Waals surface area contributed by atoms with Crippen LogP contribution in [0.3, 0.4) is 0 Å². The maximum absolute atomic E-state index is 10.9. The summed E-state index contributed by atoms with van der Waals surface area (Å²) in [7, 11) is 1.83. The van der Waals surface area contributed by atoms with Crippen molar-refractivity contribution in [2.45, 2.75) is 12.0 Å². The van der Waals surface area contributed by atoms with E-state index in [1.807, 2.05) is 11.9 Å². The summed E-state index contributed by atoms with van der Waals surface area (Å²) >= 11 is 0. The molecule has 3 rings (SSSR count). The molecule has 0 bridgehead atoms. The zero-order chi connectivity index (χ0) is 19.1. The number of hydrogen-bond donors (Lipinski definition) is 1. The van der Waals surface area contributed by atoms with Crippen LogP contribution in [0.1, 0.15) is 17.0 Å². The summed E-state index contributed by atoms with van der Waals surface area (Å²) < 4.78 is 5.88. The number of benzene rings is 2. The molecular weight excluding hydrogens is 340 g/mol. The highest BCUT2D eigenvalue weighted by Crippen LogP contribution is 2.26. The second-order valence-corrected chi connectivity index (χ2v) is 7.22. The van der Waals surface area contributed by atoms with Crippen molar-refractivity contribution in [3.8, 4) is 0 Å². The minimum absolute atomic E-state index is 0.0373. The van der Waals surface area contributed by atoms with Gasteiger partial charge < -0.3 is 9.84 Å². The summed E-state index contributed by atoms with van der Waals surface area (Å²) in [5.74, 6) is -0.499. The van der Waals surface area contributed by atoms with Crippen LogP contribution in [0.5, 0.6) is 0 Å². The predicted molar refractivity (Wildman–Crippen MR) is 106 cm³/mol. The number of carbonyl (C=O) groups is 1. The van der Waals surface area contributed by atoms with Crippen LogP contribution in [0, 0.1) is 0 Å². The Bertz CT molecular complexity index is 669. The van der Waals surface area contributed by atoms with Gasteiger partial charge in [0.05, 0.1) is 19.3 Å². The van der Waals surface area contributed by atoms with E-state index in [9.17, 15) is 4.79 Å². The number of carboxylic acids is 1. The van der Waals surface area contributed by atoms with E-state index in [1.165, 1.54) is 11.1 Å². The summed E-state index contributed by atoms with van der Waals surface area (Å²) in [4.78, 5) is 15.1. The highest BCUT2D eigenvalue weighted by molar-refractivity contribution is 5.69. The topological polar surface area (TPSA) is 53.0 Å². The second kappa shape index (κ2) is 9.65. The molecule has 0 aromatic heterocycles. The van der Waals surface area contributed by atoms with Gasteiger partial charge in [-0.05, 0) is 18.2 Å². The van der Waals surface area contributed by atoms with Crippen molar-refractivity contribution in [1.82, 2.24) is 9.80 Å². The molecule has 27 heavy (non-hydrogen) atoms. The van der Waals surface area contributed by atoms with Crippen molar-refractivity contribution in [2.75, 3.05) is 46.4 Å². The molecule has 1 N–H and O–H groups in total. The van der Waals surface area contributed by atoms with Gasteiger partial charge in [0.2, 0.25) is 0 Å². The number of rotatable bonds is 8. The standard InChI is InChI=1S/C22H28N2O3/c1-23(17-22(25)26)14-20-15-24(12-13-27-20)16-21(18-8-4-2-5-9-18)19-10-6-3-7-11-19/h2-11,20-21H,12-17H2,1H3,(H,25,26). The van der Waals surface area contributed by atoms with Gasteiger partial charge in [-0.3, -0.25) is 14.6 Å². The fourth-order valence-electron chi connectivity index (χ4n) is 3.73. The Labute approximate surface area is 161 Å². The van der Waals surface area contributed by atoms with Gasteiger partial charge in [-0.1, -0.05) is 60.7 Å². The largest absolute Gasteiger partial charge is 0.480 e. The van der Waals surface area contributed by atoms with E-state index in [0.29, 0.717) is 19.1 Å². The zero-order valence-corrected chi connectivity index (χ0v) is 15.8. The van der Waals surface area contributed by atoms with Gasteiger partial charge in [-0.25, -0.2) is 0 Å². The molecular formula is C22H28N2O3. The van der Waals surface area contributed by atoms with Crippen LogP contribution in [-0.4, -0.2) is 73.4 Å². The summed E-state index contributed by atoms with van der Waals surface area (Å²) in [5, 5.41) is 8.94. The Balaban J connectivity index is 1.67. The van der Waals surface area contributed by atoms with Crippen molar-refractivity contribution in [3.05, 3.63) is 71.8 Å². The number of carboxylic acid groups (broad SMARTS) is 1. The lowest BCUT2D eigenvalue weighted by Crippen LogP contribution is -2.48. The molecule has 1 aliphatic heterocycles. The van der Waals surface area contributed by atoms with Gasteiger partial charge >= 0.3 is 5.97 Å². The number of aliphatic carboxylic acids is 1. The van der Waals surface area contributed by atoms with Crippen molar-refractivity contribution < 1.29 is 14.6 Å². The van der Waals surface area contributed by atoms with E-state index in [-0.39, 0.29) is 12.6 Å². The molecule has 1 unspecified atom stereocenters. The van der Waals surface area contributed by atoms with E-state index in [0.717, 1.165) is 19.6 Å². The number of morpholine rings is 1. The maximum Gasteiger partial charge on any atom is 0.317 e. The van der Waals surface area contributed by atoms with E-state index < -0.39 is 5.97 Å². The average molecular weight is 368 g/mol. The first-order valence-electron chi connectivity index (χ1n) is 9.46. The number of hydrogen-bond acceptors (Lipinski definition) is 4. The second-order valence-electron chi connectivity index (χ2n) is 7.22. The molecule has 2 aromatic carbocycles. The molecule has 0 saturated carbocycles. The lowest BCUT2D eigenvalue weighted by atomic mass is 9.90. The Morgan fingerprint density at radius 3 is 2.30 bits per heavy atom. The number of likely N-dealkylation sites (N-methyl/N-ethyl adjacent to an activating group) is 1. The van der Waals surface area contributed by atoms with E-state index in [4.69, 9.17) is 9.84 Å². The fraction of sp³-hybridized carbons (Fsp3) is 0.409. The smallest absolute Gasteiger partial charge is 0.317 e. The summed E-state index contributed by atoms with van der Waals surface area (Å²) in [5.41, 5.74) is 2.63. The lowest BCUT2D eigenvalue weighted by molar-refractivity contribution is -0.138. The third-order valence-electron chi connectivity index (χ3n) is 4.99. The van der Waals surface area contributed by atoms with Crippen LogP contribution in [0.4, 0.5) is 0 Å². The van der Waals surface area contributed by atoms with Gasteiger partial charge in [0.1, 0.15) is 0 Å². The molecule has 1 heterocycles. The molecule has 5 heteroatoms. The van der Waals surface area contributed by atoms with Crippen LogP contribution in [0.25, 0.3) is 0 Å². The predicted octanol–water partition coefficient (Wildman–Crippen LogP) is 2.54. The molecule has 1 aliphatic rings. The first kappa shape index (κ1) is 19.5. The summed E-state index contributed by atoms with van der Waals surface area (Å²) in [6, 6.07) is 21.2. The zero-order valence-electron chi connectivity index (χ0n) is 15.8. The molecule has 144 valence electrons. The first-order valence-corrected chi connectivity index (χ1v) is 9.46. The molecule has 0 amide bonds. The van der Waals surface area contributed by atoms with E-state index in [2.05, 4.69) is 65.6 Å². The van der Waals surface area contributed by atoms with Crippen LogP contribution < -0.4 is 0 Å². The van der Waals surface area contributed by atoms with Gasteiger partial charge in [0.25, 0.3) is 0 Å². The Morgan fingerprint density at radius 1 is 1.15 bits per heavy atom. The SMILES string of the molecule is CN(CC(=O)O)CC1CN(CC(c2ccccc2)c2ccccc2)CCO1. The van der Waals surface area contributed by atoms with Gasteiger partial charge in [-0.15, -0.1) is 0 Å². The normalized spacial score (nSPS) is 18.1. The van der Waals surface area contributed by atoms with Crippen LogP contribution in [0.2, 0.25) is 0 Å². The number of nitrogens with zero attached hydrogens (tertiary/aromatic N) is 2. The lowest BCUT2D eigenvalue weighted by Gasteiger charge is -2.36. The first-order chi connectivity index (χ1) is 13.1. The Morgan fingerprint density at radius 2 is 1.74 bits per heavy atom. The minimum Gasteiger partial charge on any atom is -0.480 e.